The maximum Gasteiger partial charge on any atom is 0.316 e. The first-order valence-electron chi connectivity index (χ1n) is 7.11. The maximum absolute atomic E-state index is 11.4. The molecule has 0 aliphatic carbocycles. The molecule has 2 aromatic rings. The average Bonchev–Trinajstić information content (AvgIpc) is 2.83. The second-order valence-corrected chi connectivity index (χ2v) is 6.66. The second-order valence-electron chi connectivity index (χ2n) is 4.77. The SMILES string of the molecule is CCOC(=O)CSc1nnc(CSc2nc(C)cc(C)n2)n1C. The van der Waals surface area contributed by atoms with Gasteiger partial charge >= 0.3 is 5.97 Å². The van der Waals surface area contributed by atoms with Crippen molar-refractivity contribution in [2.24, 2.45) is 7.05 Å². The van der Waals surface area contributed by atoms with E-state index in [0.717, 1.165) is 22.4 Å². The van der Waals surface area contributed by atoms with Crippen LogP contribution < -0.4 is 0 Å². The van der Waals surface area contributed by atoms with E-state index < -0.39 is 0 Å². The molecule has 23 heavy (non-hydrogen) atoms. The second kappa shape index (κ2) is 8.30. The summed E-state index contributed by atoms with van der Waals surface area (Å²) in [6.45, 7) is 6.07. The van der Waals surface area contributed by atoms with Gasteiger partial charge in [0, 0.05) is 18.4 Å². The summed E-state index contributed by atoms with van der Waals surface area (Å²) in [4.78, 5) is 20.2. The smallest absolute Gasteiger partial charge is 0.316 e. The van der Waals surface area contributed by atoms with Crippen LogP contribution in [0.25, 0.3) is 0 Å². The lowest BCUT2D eigenvalue weighted by Crippen LogP contribution is -2.07. The zero-order valence-electron chi connectivity index (χ0n) is 13.6. The molecule has 0 spiro atoms. The lowest BCUT2D eigenvalue weighted by atomic mass is 10.4. The largest absolute Gasteiger partial charge is 0.465 e. The number of rotatable bonds is 7. The van der Waals surface area contributed by atoms with Crippen LogP contribution in [0.3, 0.4) is 0 Å². The van der Waals surface area contributed by atoms with Crippen LogP contribution >= 0.6 is 23.5 Å². The summed E-state index contributed by atoms with van der Waals surface area (Å²) in [6.07, 6.45) is 0. The summed E-state index contributed by atoms with van der Waals surface area (Å²) in [7, 11) is 1.88. The number of aromatic nitrogens is 5. The van der Waals surface area contributed by atoms with Crippen LogP contribution in [-0.4, -0.2) is 43.1 Å². The average molecular weight is 353 g/mol. The van der Waals surface area contributed by atoms with Crippen molar-refractivity contribution in [1.29, 1.82) is 0 Å². The van der Waals surface area contributed by atoms with Crippen LogP contribution in [0.5, 0.6) is 0 Å². The summed E-state index contributed by atoms with van der Waals surface area (Å²) in [5, 5.41) is 9.69. The number of aryl methyl sites for hydroxylation is 2. The van der Waals surface area contributed by atoms with Crippen molar-refractivity contribution in [2.75, 3.05) is 12.4 Å². The number of hydrogen-bond acceptors (Lipinski definition) is 8. The number of thioether (sulfide) groups is 2. The zero-order chi connectivity index (χ0) is 16.8. The van der Waals surface area contributed by atoms with Gasteiger partial charge in [0.1, 0.15) is 5.82 Å². The molecular formula is C14H19N5O2S2. The Kier molecular flexibility index (Phi) is 6.40. The number of ether oxygens (including phenoxy) is 1. The molecule has 2 heterocycles. The summed E-state index contributed by atoms with van der Waals surface area (Å²) in [6, 6.07) is 1.94. The molecule has 0 saturated heterocycles. The van der Waals surface area contributed by atoms with Crippen LogP contribution in [0.1, 0.15) is 24.1 Å². The molecule has 0 aliphatic rings. The molecule has 0 fully saturated rings. The molecule has 0 unspecified atom stereocenters. The number of carbonyl (C=O) groups is 1. The van der Waals surface area contributed by atoms with Gasteiger partial charge in [-0.25, -0.2) is 9.97 Å². The Morgan fingerprint density at radius 2 is 1.91 bits per heavy atom. The van der Waals surface area contributed by atoms with Gasteiger partial charge in [-0.3, -0.25) is 4.79 Å². The van der Waals surface area contributed by atoms with E-state index in [0.29, 0.717) is 17.5 Å². The number of nitrogens with zero attached hydrogens (tertiary/aromatic N) is 5. The minimum absolute atomic E-state index is 0.229. The van der Waals surface area contributed by atoms with Gasteiger partial charge in [-0.2, -0.15) is 0 Å². The van der Waals surface area contributed by atoms with Crippen molar-refractivity contribution >= 4 is 29.5 Å². The van der Waals surface area contributed by atoms with E-state index in [1.165, 1.54) is 23.5 Å². The molecule has 0 amide bonds. The highest BCUT2D eigenvalue weighted by molar-refractivity contribution is 7.99. The first-order valence-corrected chi connectivity index (χ1v) is 9.08. The Balaban J connectivity index is 1.95. The molecule has 0 aromatic carbocycles. The van der Waals surface area contributed by atoms with Crippen LogP contribution in [0.15, 0.2) is 16.4 Å². The van der Waals surface area contributed by atoms with E-state index in [9.17, 15) is 4.79 Å². The first kappa shape index (κ1) is 17.7. The van der Waals surface area contributed by atoms with Crippen LogP contribution in [0.4, 0.5) is 0 Å². The van der Waals surface area contributed by atoms with E-state index in [-0.39, 0.29) is 11.7 Å². The van der Waals surface area contributed by atoms with E-state index in [1.807, 2.05) is 31.5 Å². The van der Waals surface area contributed by atoms with Crippen molar-refractivity contribution in [3.8, 4) is 0 Å². The minimum atomic E-state index is -0.250. The van der Waals surface area contributed by atoms with Gasteiger partial charge in [0.25, 0.3) is 0 Å². The molecule has 2 rings (SSSR count). The fourth-order valence-electron chi connectivity index (χ4n) is 1.81. The molecule has 7 nitrogen and oxygen atoms in total. The highest BCUT2D eigenvalue weighted by Crippen LogP contribution is 2.22. The molecule has 0 atom stereocenters. The first-order chi connectivity index (χ1) is 11.0. The van der Waals surface area contributed by atoms with E-state index in [1.54, 1.807) is 6.92 Å². The van der Waals surface area contributed by atoms with Crippen molar-refractivity contribution in [3.05, 3.63) is 23.3 Å². The van der Waals surface area contributed by atoms with E-state index in [2.05, 4.69) is 20.2 Å². The van der Waals surface area contributed by atoms with Crippen molar-refractivity contribution in [1.82, 2.24) is 24.7 Å². The molecular weight excluding hydrogens is 334 g/mol. The summed E-state index contributed by atoms with van der Waals surface area (Å²) in [5.74, 6) is 1.41. The standard InChI is InChI=1S/C14H19N5O2S2/c1-5-21-12(20)8-23-14-18-17-11(19(14)4)7-22-13-15-9(2)6-10(3)16-13/h6H,5,7-8H2,1-4H3. The third kappa shape index (κ3) is 5.21. The van der Waals surface area contributed by atoms with Crippen LogP contribution in [-0.2, 0) is 22.3 Å². The summed E-state index contributed by atoms with van der Waals surface area (Å²) >= 11 is 2.83. The number of carbonyl (C=O) groups excluding carboxylic acids is 1. The topological polar surface area (TPSA) is 82.8 Å². The van der Waals surface area contributed by atoms with Crippen molar-refractivity contribution in [2.45, 2.75) is 36.8 Å². The van der Waals surface area contributed by atoms with Gasteiger partial charge in [0.15, 0.2) is 10.3 Å². The van der Waals surface area contributed by atoms with Crippen LogP contribution in [0.2, 0.25) is 0 Å². The molecule has 9 heteroatoms. The fraction of sp³-hybridized carbons (Fsp3) is 0.500. The zero-order valence-corrected chi connectivity index (χ0v) is 15.2. The molecule has 0 bridgehead atoms. The monoisotopic (exact) mass is 353 g/mol. The molecule has 0 aliphatic heterocycles. The Morgan fingerprint density at radius 1 is 1.22 bits per heavy atom. The molecule has 0 N–H and O–H groups in total. The Labute approximate surface area is 143 Å². The Bertz CT molecular complexity index is 670. The third-order valence-corrected chi connectivity index (χ3v) is 4.68. The lowest BCUT2D eigenvalue weighted by molar-refractivity contribution is -0.139. The lowest BCUT2D eigenvalue weighted by Gasteiger charge is -2.04. The number of hydrogen-bond donors (Lipinski definition) is 0. The van der Waals surface area contributed by atoms with Gasteiger partial charge in [-0.15, -0.1) is 10.2 Å². The highest BCUT2D eigenvalue weighted by atomic mass is 32.2. The van der Waals surface area contributed by atoms with Gasteiger partial charge in [0.2, 0.25) is 0 Å². The molecule has 124 valence electrons. The third-order valence-electron chi connectivity index (χ3n) is 2.84. The van der Waals surface area contributed by atoms with Gasteiger partial charge < -0.3 is 9.30 Å². The normalized spacial score (nSPS) is 10.8. The Morgan fingerprint density at radius 3 is 2.57 bits per heavy atom. The number of esters is 1. The van der Waals surface area contributed by atoms with Crippen LogP contribution in [0, 0.1) is 13.8 Å². The minimum Gasteiger partial charge on any atom is -0.465 e. The molecule has 0 radical (unpaired) electrons. The summed E-state index contributed by atoms with van der Waals surface area (Å²) in [5.41, 5.74) is 1.90. The predicted octanol–water partition coefficient (Wildman–Crippen LogP) is 2.17. The predicted molar refractivity (Wildman–Crippen MR) is 89.4 cm³/mol. The molecule has 2 aromatic heterocycles. The van der Waals surface area contributed by atoms with Gasteiger partial charge in [0.05, 0.1) is 18.1 Å². The molecule has 0 saturated carbocycles. The van der Waals surface area contributed by atoms with E-state index in [4.69, 9.17) is 4.74 Å². The Hall–Kier alpha value is -1.61. The highest BCUT2D eigenvalue weighted by Gasteiger charge is 2.13. The maximum atomic E-state index is 11.4. The quantitative estimate of drug-likeness (QED) is 0.425. The van der Waals surface area contributed by atoms with Gasteiger partial charge in [-0.1, -0.05) is 23.5 Å². The summed E-state index contributed by atoms with van der Waals surface area (Å²) < 4.78 is 6.77. The fourth-order valence-corrected chi connectivity index (χ4v) is 3.46. The van der Waals surface area contributed by atoms with E-state index >= 15 is 0 Å². The van der Waals surface area contributed by atoms with Gasteiger partial charge in [-0.05, 0) is 26.8 Å². The van der Waals surface area contributed by atoms with Crippen molar-refractivity contribution < 1.29 is 9.53 Å². The van der Waals surface area contributed by atoms with Crippen molar-refractivity contribution in [3.63, 3.8) is 0 Å².